The number of esters is 1. The number of aliphatic hydroxyl groups is 1. The quantitative estimate of drug-likeness (QED) is 0.731. The molecule has 25 heavy (non-hydrogen) atoms. The fraction of sp³-hybridized carbons (Fsp3) is 0.619. The molecule has 1 heterocycles. The number of carbonyl (C=O) groups excluding carboxylic acids is 2. The fourth-order valence-corrected chi connectivity index (χ4v) is 3.10. The van der Waals surface area contributed by atoms with E-state index in [1.54, 1.807) is 18.2 Å². The lowest BCUT2D eigenvalue weighted by Gasteiger charge is -2.25. The van der Waals surface area contributed by atoms with Crippen LogP contribution in [0.15, 0.2) is 36.5 Å². The molecule has 0 spiro atoms. The van der Waals surface area contributed by atoms with Crippen molar-refractivity contribution in [3.05, 3.63) is 36.5 Å². The Morgan fingerprint density at radius 1 is 1.04 bits per heavy atom. The van der Waals surface area contributed by atoms with Crippen LogP contribution in [0, 0.1) is 23.7 Å². The summed E-state index contributed by atoms with van der Waals surface area (Å²) < 4.78 is 5.51. The number of rotatable bonds is 1. The number of aliphatic hydroxyl groups excluding tert-OH is 1. The van der Waals surface area contributed by atoms with Crippen molar-refractivity contribution in [2.75, 3.05) is 0 Å². The standard InChI is InChI=1S/C21H32O4/c1-6-19-14(2)9-7-8-10-18(22)16(4)13-17(5)21(24)15(3)11-12-20(23)25-19/h7-12,14-17,19,21,24H,6,13H2,1-5H3/b9-7+,10-8+,12-11-/t14-,15-,16+,17-,19+,21+/m0/s1. The highest BCUT2D eigenvalue weighted by atomic mass is 16.5. The summed E-state index contributed by atoms with van der Waals surface area (Å²) in [6.45, 7) is 9.63. The van der Waals surface area contributed by atoms with E-state index in [2.05, 4.69) is 0 Å². The van der Waals surface area contributed by atoms with Crippen molar-refractivity contribution < 1.29 is 19.4 Å². The lowest BCUT2D eigenvalue weighted by Crippen LogP contribution is -2.28. The second-order valence-corrected chi connectivity index (χ2v) is 7.21. The second kappa shape index (κ2) is 10.3. The lowest BCUT2D eigenvalue weighted by molar-refractivity contribution is -0.144. The van der Waals surface area contributed by atoms with E-state index < -0.39 is 6.10 Å². The van der Waals surface area contributed by atoms with Gasteiger partial charge >= 0.3 is 5.97 Å². The molecule has 1 aliphatic rings. The average Bonchev–Trinajstić information content (AvgIpc) is 2.58. The minimum Gasteiger partial charge on any atom is -0.459 e. The van der Waals surface area contributed by atoms with Crippen LogP contribution in [-0.4, -0.2) is 29.1 Å². The smallest absolute Gasteiger partial charge is 0.330 e. The number of hydrogen-bond donors (Lipinski definition) is 1. The summed E-state index contributed by atoms with van der Waals surface area (Å²) in [4.78, 5) is 24.2. The molecule has 1 N–H and O–H groups in total. The van der Waals surface area contributed by atoms with Crippen molar-refractivity contribution in [3.63, 3.8) is 0 Å². The molecule has 0 aromatic heterocycles. The van der Waals surface area contributed by atoms with E-state index in [1.807, 2.05) is 46.8 Å². The number of ether oxygens (including phenoxy) is 1. The molecule has 1 rings (SSSR count). The van der Waals surface area contributed by atoms with Crippen LogP contribution in [0.4, 0.5) is 0 Å². The summed E-state index contributed by atoms with van der Waals surface area (Å²) in [5.41, 5.74) is 0. The maximum Gasteiger partial charge on any atom is 0.330 e. The van der Waals surface area contributed by atoms with Crippen molar-refractivity contribution in [3.8, 4) is 0 Å². The molecule has 0 saturated carbocycles. The van der Waals surface area contributed by atoms with Crippen LogP contribution in [-0.2, 0) is 14.3 Å². The summed E-state index contributed by atoms with van der Waals surface area (Å²) in [7, 11) is 0. The summed E-state index contributed by atoms with van der Waals surface area (Å²) >= 11 is 0. The summed E-state index contributed by atoms with van der Waals surface area (Å²) in [5, 5.41) is 10.4. The van der Waals surface area contributed by atoms with Crippen LogP contribution in [0.25, 0.3) is 0 Å². The van der Waals surface area contributed by atoms with E-state index in [-0.39, 0.29) is 41.5 Å². The van der Waals surface area contributed by atoms with Gasteiger partial charge in [-0.1, -0.05) is 58.9 Å². The Balaban J connectivity index is 3.03. The molecule has 0 fully saturated rings. The van der Waals surface area contributed by atoms with Gasteiger partial charge in [0.15, 0.2) is 5.78 Å². The minimum absolute atomic E-state index is 0.0464. The number of cyclic esters (lactones) is 1. The predicted molar refractivity (Wildman–Crippen MR) is 99.9 cm³/mol. The molecule has 0 saturated heterocycles. The predicted octanol–water partition coefficient (Wildman–Crippen LogP) is 3.85. The third kappa shape index (κ3) is 6.99. The molecular weight excluding hydrogens is 316 g/mol. The van der Waals surface area contributed by atoms with Crippen molar-refractivity contribution >= 4 is 11.8 Å². The van der Waals surface area contributed by atoms with Crippen LogP contribution >= 0.6 is 0 Å². The highest BCUT2D eigenvalue weighted by Crippen LogP contribution is 2.22. The topological polar surface area (TPSA) is 63.6 Å². The zero-order valence-electron chi connectivity index (χ0n) is 16.0. The first-order valence-corrected chi connectivity index (χ1v) is 9.21. The zero-order chi connectivity index (χ0) is 19.0. The maximum atomic E-state index is 12.2. The van der Waals surface area contributed by atoms with E-state index in [0.29, 0.717) is 12.8 Å². The van der Waals surface area contributed by atoms with Gasteiger partial charge in [-0.2, -0.15) is 0 Å². The highest BCUT2D eigenvalue weighted by Gasteiger charge is 2.24. The highest BCUT2D eigenvalue weighted by molar-refractivity contribution is 5.91. The van der Waals surface area contributed by atoms with Gasteiger partial charge in [0.2, 0.25) is 0 Å². The maximum absolute atomic E-state index is 12.2. The normalized spacial score (nSPS) is 39.4. The van der Waals surface area contributed by atoms with Gasteiger partial charge in [-0.05, 0) is 24.8 Å². The van der Waals surface area contributed by atoms with E-state index in [1.165, 1.54) is 6.08 Å². The van der Waals surface area contributed by atoms with E-state index in [0.717, 1.165) is 0 Å². The molecule has 0 aliphatic carbocycles. The molecule has 4 nitrogen and oxygen atoms in total. The molecule has 0 radical (unpaired) electrons. The molecule has 0 amide bonds. The van der Waals surface area contributed by atoms with E-state index in [9.17, 15) is 14.7 Å². The Morgan fingerprint density at radius 2 is 1.72 bits per heavy atom. The number of allylic oxidation sites excluding steroid dienone is 3. The zero-order valence-corrected chi connectivity index (χ0v) is 16.0. The fourth-order valence-electron chi connectivity index (χ4n) is 3.10. The molecule has 0 unspecified atom stereocenters. The summed E-state index contributed by atoms with van der Waals surface area (Å²) in [5.74, 6) is -0.657. The first-order valence-electron chi connectivity index (χ1n) is 9.21. The van der Waals surface area contributed by atoms with Gasteiger partial charge in [0.05, 0.1) is 6.10 Å². The largest absolute Gasteiger partial charge is 0.459 e. The van der Waals surface area contributed by atoms with Crippen LogP contribution in [0.3, 0.4) is 0 Å². The Bertz CT molecular complexity index is 532. The molecule has 0 aromatic carbocycles. The molecule has 0 aromatic rings. The van der Waals surface area contributed by atoms with E-state index in [4.69, 9.17) is 4.74 Å². The van der Waals surface area contributed by atoms with Gasteiger partial charge in [0, 0.05) is 23.8 Å². The monoisotopic (exact) mass is 348 g/mol. The van der Waals surface area contributed by atoms with Gasteiger partial charge < -0.3 is 9.84 Å². The first kappa shape index (κ1) is 21.4. The van der Waals surface area contributed by atoms with Gasteiger partial charge in [-0.15, -0.1) is 0 Å². The molecule has 0 bridgehead atoms. The van der Waals surface area contributed by atoms with Crippen LogP contribution in [0.1, 0.15) is 47.5 Å². The Hall–Kier alpha value is -1.68. The van der Waals surface area contributed by atoms with Crippen molar-refractivity contribution in [1.82, 2.24) is 0 Å². The van der Waals surface area contributed by atoms with Gasteiger partial charge in [-0.25, -0.2) is 4.79 Å². The second-order valence-electron chi connectivity index (χ2n) is 7.21. The van der Waals surface area contributed by atoms with Crippen molar-refractivity contribution in [2.45, 2.75) is 59.7 Å². The third-order valence-electron chi connectivity index (χ3n) is 4.91. The minimum atomic E-state index is -0.614. The Labute approximate surface area is 151 Å². The number of ketones is 1. The third-order valence-corrected chi connectivity index (χ3v) is 4.91. The molecule has 140 valence electrons. The molecular formula is C21H32O4. The van der Waals surface area contributed by atoms with Crippen LogP contribution in [0.5, 0.6) is 0 Å². The van der Waals surface area contributed by atoms with Crippen LogP contribution < -0.4 is 0 Å². The average molecular weight is 348 g/mol. The van der Waals surface area contributed by atoms with Crippen LogP contribution in [0.2, 0.25) is 0 Å². The number of carbonyl (C=O) groups is 2. The molecule has 6 atom stereocenters. The van der Waals surface area contributed by atoms with Crippen molar-refractivity contribution in [2.24, 2.45) is 23.7 Å². The Kier molecular flexibility index (Phi) is 8.84. The molecule has 4 heteroatoms. The van der Waals surface area contributed by atoms with Gasteiger partial charge in [-0.3, -0.25) is 4.79 Å². The lowest BCUT2D eigenvalue weighted by atomic mass is 9.85. The summed E-state index contributed by atoms with van der Waals surface area (Å²) in [6, 6.07) is 0. The van der Waals surface area contributed by atoms with Gasteiger partial charge in [0.1, 0.15) is 6.10 Å². The molecule has 1 aliphatic heterocycles. The van der Waals surface area contributed by atoms with Gasteiger partial charge in [0.25, 0.3) is 0 Å². The summed E-state index contributed by atoms with van der Waals surface area (Å²) in [6.07, 6.45) is 10.7. The first-order chi connectivity index (χ1) is 11.8. The SMILES string of the molecule is CC[C@H]1OC(=O)/C=C\[C@H](C)[C@@H](O)[C@@H](C)C[C@@H](C)C(=O)/C=C/C=C/[C@@H]1C. The Morgan fingerprint density at radius 3 is 2.36 bits per heavy atom. The number of hydrogen-bond acceptors (Lipinski definition) is 4. The van der Waals surface area contributed by atoms with E-state index >= 15 is 0 Å². The van der Waals surface area contributed by atoms with Crippen molar-refractivity contribution in [1.29, 1.82) is 0 Å².